The maximum absolute atomic E-state index is 5.70. The summed E-state index contributed by atoms with van der Waals surface area (Å²) in [4.78, 5) is 11.1. The van der Waals surface area contributed by atoms with Gasteiger partial charge in [-0.15, -0.1) is 0 Å². The van der Waals surface area contributed by atoms with Crippen LogP contribution in [0.15, 0.2) is 275 Å². The van der Waals surface area contributed by atoms with Gasteiger partial charge in [0.25, 0.3) is 0 Å². The highest BCUT2D eigenvalue weighted by Gasteiger charge is 2.54. The van der Waals surface area contributed by atoms with Crippen molar-refractivity contribution in [3.05, 3.63) is 309 Å². The van der Waals surface area contributed by atoms with Crippen LogP contribution in [0.25, 0.3) is 28.6 Å². The number of nitrogens with one attached hydrogen (secondary N) is 1. The molecule has 0 radical (unpaired) electrons. The summed E-state index contributed by atoms with van der Waals surface area (Å²) in [6.07, 6.45) is 51.8. The Bertz CT molecular complexity index is 3570. The topological polar surface area (TPSA) is 37.3 Å². The fourth-order valence-corrected chi connectivity index (χ4v) is 12.2. The molecule has 0 bridgehead atoms. The van der Waals surface area contributed by atoms with Crippen LogP contribution < -0.4 is 5.32 Å². The summed E-state index contributed by atoms with van der Waals surface area (Å²) in [5.41, 5.74) is 21.8. The molecule has 2 fully saturated rings. The molecule has 7 unspecified atom stereocenters. The zero-order valence-corrected chi connectivity index (χ0v) is 47.0. The first-order valence-corrected chi connectivity index (χ1v) is 29.0. The highest BCUT2D eigenvalue weighted by molar-refractivity contribution is 5.99. The number of aromatic nitrogens is 1. The highest BCUT2D eigenvalue weighted by atomic mass is 14.8. The van der Waals surface area contributed by atoms with E-state index in [-0.39, 0.29) is 23.2 Å². The summed E-state index contributed by atoms with van der Waals surface area (Å²) in [5.74, 6) is 2.05. The van der Waals surface area contributed by atoms with E-state index in [2.05, 4.69) is 276 Å². The van der Waals surface area contributed by atoms with E-state index in [1.54, 1.807) is 0 Å². The number of benzene rings is 4. The largest absolute Gasteiger partial charge is 0.388 e. The molecule has 7 atom stereocenters. The fourth-order valence-electron chi connectivity index (χ4n) is 12.2. The highest BCUT2D eigenvalue weighted by Crippen LogP contribution is 2.64. The van der Waals surface area contributed by atoms with Gasteiger partial charge in [-0.1, -0.05) is 245 Å². The molecule has 5 aromatic rings. The predicted octanol–water partition coefficient (Wildman–Crippen LogP) is 18.8. The van der Waals surface area contributed by atoms with Gasteiger partial charge >= 0.3 is 0 Å². The van der Waals surface area contributed by atoms with Gasteiger partial charge in [0.05, 0.1) is 17.1 Å². The number of nitrogens with zero attached hydrogens (tertiary/aromatic N) is 2. The number of aliphatic imine (C=N–C) groups is 1. The van der Waals surface area contributed by atoms with Crippen molar-refractivity contribution in [3.8, 4) is 11.3 Å². The Morgan fingerprint density at radius 2 is 1.56 bits per heavy atom. The summed E-state index contributed by atoms with van der Waals surface area (Å²) >= 11 is 0. The predicted molar refractivity (Wildman–Crippen MR) is 336 cm³/mol. The summed E-state index contributed by atoms with van der Waals surface area (Å²) < 4.78 is 0. The van der Waals surface area contributed by atoms with Gasteiger partial charge in [-0.25, -0.2) is 4.98 Å². The van der Waals surface area contributed by atoms with Crippen LogP contribution in [0.2, 0.25) is 0 Å². The van der Waals surface area contributed by atoms with Crippen molar-refractivity contribution in [1.82, 2.24) is 10.3 Å². The lowest BCUT2D eigenvalue weighted by molar-refractivity contribution is 0.714. The van der Waals surface area contributed by atoms with E-state index in [1.165, 1.54) is 68.5 Å². The van der Waals surface area contributed by atoms with Crippen molar-refractivity contribution in [2.75, 3.05) is 7.05 Å². The first-order valence-electron chi connectivity index (χ1n) is 29.0. The number of fused-ring (bicyclic) bond motifs is 3. The second-order valence-electron chi connectivity index (χ2n) is 22.2. The Balaban J connectivity index is 0.00000326. The summed E-state index contributed by atoms with van der Waals surface area (Å²) in [5, 5.41) is 3.68. The van der Waals surface area contributed by atoms with Crippen LogP contribution in [0.5, 0.6) is 0 Å². The third-order valence-corrected chi connectivity index (χ3v) is 17.0. The van der Waals surface area contributed by atoms with Gasteiger partial charge in [-0.05, 0) is 149 Å². The van der Waals surface area contributed by atoms with Crippen LogP contribution in [0.1, 0.15) is 111 Å². The Morgan fingerprint density at radius 3 is 2.37 bits per heavy atom. The van der Waals surface area contributed by atoms with Gasteiger partial charge in [0.1, 0.15) is 0 Å². The van der Waals surface area contributed by atoms with Crippen molar-refractivity contribution in [1.29, 1.82) is 0 Å². The maximum atomic E-state index is 5.70. The fraction of sp³-hybridized carbons (Fsp3) is 0.237. The summed E-state index contributed by atoms with van der Waals surface area (Å²) in [7, 11) is 2.08. The molecule has 1 spiro atoms. The molecule has 0 aliphatic heterocycles. The number of hydrogen-bond acceptors (Lipinski definition) is 3. The zero-order valence-electron chi connectivity index (χ0n) is 47.0. The number of rotatable bonds is 16. The van der Waals surface area contributed by atoms with Gasteiger partial charge in [-0.3, -0.25) is 4.99 Å². The lowest BCUT2D eigenvalue weighted by atomic mass is 9.81. The van der Waals surface area contributed by atoms with E-state index < -0.39 is 0 Å². The molecule has 3 heteroatoms. The summed E-state index contributed by atoms with van der Waals surface area (Å²) in [6.45, 7) is 10.8. The first kappa shape index (κ1) is 52.9. The van der Waals surface area contributed by atoms with Gasteiger partial charge in [0, 0.05) is 47.2 Å². The molecule has 2 saturated carbocycles. The second-order valence-corrected chi connectivity index (χ2v) is 22.2. The molecular formula is C76H75N3. The molecule has 12 rings (SSSR count). The van der Waals surface area contributed by atoms with E-state index in [9.17, 15) is 0 Å². The molecule has 4 aromatic carbocycles. The van der Waals surface area contributed by atoms with E-state index in [4.69, 9.17) is 9.98 Å². The molecule has 7 aliphatic rings. The molecular weight excluding hydrogens is 955 g/mol. The molecule has 1 aromatic heterocycles. The summed E-state index contributed by atoms with van der Waals surface area (Å²) in [6, 6.07) is 43.9. The van der Waals surface area contributed by atoms with Gasteiger partial charge in [0.15, 0.2) is 0 Å². The standard InChI is InChI=1S/C74H69N3.C2H6/c1-50(29-30-53-20-10-7-11-21-53)62(46-70(75-4)61-35-36-68-59(42-61)33-34-60-45-69(60)68)39-54-31-32-58(64-47-72(56-24-12-5-6-13-25-56)77-73(48-64)57-26-16-9-17-27-57)41-65(40-54)71(76-52(3)55-22-14-8-15-23-55)38-51(2)63-43-66-28-18-19-37-74(66)49-67(74)44-63;1-2/h5-24,26-29,31-38,40-44,46-48,51,58,60,62,67,69,75H,25,30,39,45,49H2,1-4H3;1-2H3/b50-29-,70-46-,71-38-,76-52?;. The molecule has 0 amide bonds. The van der Waals surface area contributed by atoms with Gasteiger partial charge in [0.2, 0.25) is 0 Å². The molecule has 1 N–H and O–H groups in total. The van der Waals surface area contributed by atoms with E-state index in [1.807, 2.05) is 13.8 Å². The van der Waals surface area contributed by atoms with Crippen LogP contribution in [0, 0.1) is 29.1 Å². The normalized spacial score (nSPS) is 23.3. The van der Waals surface area contributed by atoms with Crippen LogP contribution in [0.3, 0.4) is 0 Å². The maximum Gasteiger partial charge on any atom is 0.0712 e. The van der Waals surface area contributed by atoms with Crippen LogP contribution >= 0.6 is 0 Å². The third kappa shape index (κ3) is 12.0. The SMILES string of the molecule is CC.CN/C(=C\C(CC1=CC(/C(=C/C(C)C2=CC3CC34C=CC=CC4=C2)N=C(C)c2ccccc2)=CC(c2cc(C3=CC=CC=CC3)nc(-c3ccccc3)c2)C=C1)/C(C)=C\Cc1ccccc1)c1ccc2c(c1)C=CC1CC21. The minimum atomic E-state index is -0.0835. The monoisotopic (exact) mass is 1030 g/mol. The Morgan fingerprint density at radius 1 is 0.772 bits per heavy atom. The quantitative estimate of drug-likeness (QED) is 0.0790. The molecule has 79 heavy (non-hydrogen) atoms. The number of allylic oxidation sites excluding steroid dienone is 24. The molecule has 0 saturated heterocycles. The lowest BCUT2D eigenvalue weighted by Gasteiger charge is -2.23. The van der Waals surface area contributed by atoms with Crippen LogP contribution in [0.4, 0.5) is 0 Å². The number of pyridine rings is 1. The third-order valence-electron chi connectivity index (χ3n) is 17.0. The van der Waals surface area contributed by atoms with Gasteiger partial charge in [-0.2, -0.15) is 0 Å². The molecule has 1 heterocycles. The van der Waals surface area contributed by atoms with E-state index in [0.717, 1.165) is 64.5 Å². The lowest BCUT2D eigenvalue weighted by Crippen LogP contribution is -2.11. The van der Waals surface area contributed by atoms with Crippen molar-refractivity contribution >= 4 is 23.1 Å². The zero-order chi connectivity index (χ0) is 54.3. The molecule has 394 valence electrons. The second kappa shape index (κ2) is 23.8. The average molecular weight is 1030 g/mol. The van der Waals surface area contributed by atoms with Crippen LogP contribution in [-0.2, 0) is 6.42 Å². The smallest absolute Gasteiger partial charge is 0.0712 e. The van der Waals surface area contributed by atoms with Gasteiger partial charge < -0.3 is 5.32 Å². The van der Waals surface area contributed by atoms with E-state index in [0.29, 0.717) is 17.8 Å². The minimum absolute atomic E-state index is 0.0835. The minimum Gasteiger partial charge on any atom is -0.388 e. The van der Waals surface area contributed by atoms with Crippen molar-refractivity contribution in [2.45, 2.75) is 78.6 Å². The van der Waals surface area contributed by atoms with Crippen molar-refractivity contribution in [2.24, 2.45) is 34.1 Å². The van der Waals surface area contributed by atoms with Crippen LogP contribution in [-0.4, -0.2) is 17.7 Å². The average Bonchev–Trinajstić information content (AvgIpc) is 4.36. The van der Waals surface area contributed by atoms with Crippen molar-refractivity contribution in [3.63, 3.8) is 0 Å². The molecule has 3 nitrogen and oxygen atoms in total. The van der Waals surface area contributed by atoms with Crippen molar-refractivity contribution < 1.29 is 0 Å². The Hall–Kier alpha value is -8.14. The Labute approximate surface area is 471 Å². The Kier molecular flexibility index (Phi) is 16.0. The molecule has 7 aliphatic carbocycles. The number of hydrogen-bond donors (Lipinski definition) is 1. The first-order chi connectivity index (χ1) is 38.8. The van der Waals surface area contributed by atoms with E-state index >= 15 is 0 Å².